The van der Waals surface area contributed by atoms with Gasteiger partial charge < -0.3 is 10.1 Å². The van der Waals surface area contributed by atoms with Crippen molar-refractivity contribution in [1.29, 1.82) is 0 Å². The van der Waals surface area contributed by atoms with Gasteiger partial charge in [-0.25, -0.2) is 0 Å². The molecule has 0 unspecified atom stereocenters. The number of ether oxygens (including phenoxy) is 1. The standard InChI is InChI=1S/C12H17NOS/c1-14-10-2-4-11(5-3-10)15-12-6-8-13-9-7-12/h2-5,12-13H,6-9H2,1H3. The molecule has 1 N–H and O–H groups in total. The monoisotopic (exact) mass is 223 g/mol. The molecule has 1 aromatic rings. The third-order valence-electron chi connectivity index (χ3n) is 2.65. The maximum absolute atomic E-state index is 5.14. The number of hydrogen-bond acceptors (Lipinski definition) is 3. The normalized spacial score (nSPS) is 17.7. The smallest absolute Gasteiger partial charge is 0.118 e. The summed E-state index contributed by atoms with van der Waals surface area (Å²) in [5.74, 6) is 0.935. The number of methoxy groups -OCH3 is 1. The highest BCUT2D eigenvalue weighted by Gasteiger charge is 2.13. The van der Waals surface area contributed by atoms with Gasteiger partial charge >= 0.3 is 0 Å². The molecule has 0 aromatic heterocycles. The van der Waals surface area contributed by atoms with E-state index < -0.39 is 0 Å². The van der Waals surface area contributed by atoms with Crippen molar-refractivity contribution in [3.8, 4) is 5.75 Å². The van der Waals surface area contributed by atoms with Crippen LogP contribution in [0.15, 0.2) is 29.2 Å². The molecule has 0 atom stereocenters. The van der Waals surface area contributed by atoms with Crippen LogP contribution in [0.25, 0.3) is 0 Å². The van der Waals surface area contributed by atoms with E-state index >= 15 is 0 Å². The van der Waals surface area contributed by atoms with E-state index in [2.05, 4.69) is 17.4 Å². The molecule has 0 radical (unpaired) electrons. The zero-order valence-corrected chi connectivity index (χ0v) is 9.85. The van der Waals surface area contributed by atoms with E-state index in [-0.39, 0.29) is 0 Å². The summed E-state index contributed by atoms with van der Waals surface area (Å²) in [4.78, 5) is 1.35. The molecule has 0 amide bonds. The Balaban J connectivity index is 1.91. The Morgan fingerprint density at radius 3 is 2.47 bits per heavy atom. The van der Waals surface area contributed by atoms with E-state index in [1.807, 2.05) is 23.9 Å². The van der Waals surface area contributed by atoms with Gasteiger partial charge in [0.25, 0.3) is 0 Å². The summed E-state index contributed by atoms with van der Waals surface area (Å²) >= 11 is 1.99. The molecule has 1 heterocycles. The molecule has 0 bridgehead atoms. The molecule has 1 saturated heterocycles. The van der Waals surface area contributed by atoms with Crippen molar-refractivity contribution in [3.63, 3.8) is 0 Å². The Morgan fingerprint density at radius 2 is 1.87 bits per heavy atom. The molecule has 0 aliphatic carbocycles. The first-order valence-corrected chi connectivity index (χ1v) is 6.28. The van der Waals surface area contributed by atoms with Gasteiger partial charge in [0.05, 0.1) is 7.11 Å². The Morgan fingerprint density at radius 1 is 1.20 bits per heavy atom. The van der Waals surface area contributed by atoms with Crippen molar-refractivity contribution < 1.29 is 4.74 Å². The number of rotatable bonds is 3. The zero-order valence-electron chi connectivity index (χ0n) is 9.03. The molecule has 3 heteroatoms. The van der Waals surface area contributed by atoms with Crippen molar-refractivity contribution in [2.75, 3.05) is 20.2 Å². The molecule has 1 aromatic carbocycles. The summed E-state index contributed by atoms with van der Waals surface area (Å²) in [6.45, 7) is 2.32. The van der Waals surface area contributed by atoms with Crippen LogP contribution in [-0.2, 0) is 0 Å². The van der Waals surface area contributed by atoms with E-state index in [1.165, 1.54) is 17.7 Å². The first-order valence-electron chi connectivity index (χ1n) is 5.40. The third-order valence-corrected chi connectivity index (χ3v) is 4.00. The van der Waals surface area contributed by atoms with Crippen molar-refractivity contribution in [3.05, 3.63) is 24.3 Å². The minimum Gasteiger partial charge on any atom is -0.497 e. The molecular formula is C12H17NOS. The van der Waals surface area contributed by atoms with Crippen molar-refractivity contribution in [1.82, 2.24) is 5.32 Å². The van der Waals surface area contributed by atoms with Gasteiger partial charge in [0.15, 0.2) is 0 Å². The van der Waals surface area contributed by atoms with Crippen LogP contribution in [0.2, 0.25) is 0 Å². The number of nitrogens with one attached hydrogen (secondary N) is 1. The van der Waals surface area contributed by atoms with Crippen LogP contribution >= 0.6 is 11.8 Å². The summed E-state index contributed by atoms with van der Waals surface area (Å²) in [7, 11) is 1.70. The van der Waals surface area contributed by atoms with Gasteiger partial charge in [-0.2, -0.15) is 0 Å². The lowest BCUT2D eigenvalue weighted by molar-refractivity contribution is 0.414. The summed E-state index contributed by atoms with van der Waals surface area (Å²) in [5.41, 5.74) is 0. The van der Waals surface area contributed by atoms with Crippen molar-refractivity contribution in [2.24, 2.45) is 0 Å². The number of benzene rings is 1. The summed E-state index contributed by atoms with van der Waals surface area (Å²) in [6, 6.07) is 8.35. The quantitative estimate of drug-likeness (QED) is 0.851. The fraction of sp³-hybridized carbons (Fsp3) is 0.500. The predicted molar refractivity (Wildman–Crippen MR) is 64.7 cm³/mol. The fourth-order valence-electron chi connectivity index (χ4n) is 1.76. The molecule has 1 aliphatic rings. The maximum Gasteiger partial charge on any atom is 0.118 e. The predicted octanol–water partition coefficient (Wildman–Crippen LogP) is 2.54. The Hall–Kier alpha value is -0.670. The Bertz CT molecular complexity index is 293. The number of hydrogen-bond donors (Lipinski definition) is 1. The van der Waals surface area contributed by atoms with Gasteiger partial charge in [-0.1, -0.05) is 0 Å². The second-order valence-corrected chi connectivity index (χ2v) is 5.12. The summed E-state index contributed by atoms with van der Waals surface area (Å²) in [5, 5.41) is 4.16. The van der Waals surface area contributed by atoms with Crippen LogP contribution in [0.4, 0.5) is 0 Å². The van der Waals surface area contributed by atoms with Crippen LogP contribution in [0, 0.1) is 0 Å². The molecule has 2 nitrogen and oxygen atoms in total. The lowest BCUT2D eigenvalue weighted by Crippen LogP contribution is -2.29. The van der Waals surface area contributed by atoms with Crippen molar-refractivity contribution in [2.45, 2.75) is 23.0 Å². The Labute approximate surface area is 95.4 Å². The molecule has 0 saturated carbocycles. The van der Waals surface area contributed by atoms with Crippen molar-refractivity contribution >= 4 is 11.8 Å². The molecule has 1 fully saturated rings. The zero-order chi connectivity index (χ0) is 10.5. The third kappa shape index (κ3) is 3.14. The van der Waals surface area contributed by atoms with Crippen LogP contribution in [-0.4, -0.2) is 25.4 Å². The van der Waals surface area contributed by atoms with E-state index in [1.54, 1.807) is 7.11 Å². The fourth-order valence-corrected chi connectivity index (χ4v) is 2.91. The average Bonchev–Trinajstić information content (AvgIpc) is 2.31. The molecular weight excluding hydrogens is 206 g/mol. The van der Waals surface area contributed by atoms with E-state index in [0.29, 0.717) is 0 Å². The van der Waals surface area contributed by atoms with Gasteiger partial charge in [-0.3, -0.25) is 0 Å². The van der Waals surface area contributed by atoms with Gasteiger partial charge in [0.1, 0.15) is 5.75 Å². The summed E-state index contributed by atoms with van der Waals surface area (Å²) < 4.78 is 5.14. The molecule has 15 heavy (non-hydrogen) atoms. The minimum absolute atomic E-state index is 0.777. The Kier molecular flexibility index (Phi) is 3.92. The average molecular weight is 223 g/mol. The van der Waals surface area contributed by atoms with Gasteiger partial charge in [-0.15, -0.1) is 11.8 Å². The highest BCUT2D eigenvalue weighted by Crippen LogP contribution is 2.29. The molecule has 82 valence electrons. The molecule has 0 spiro atoms. The first kappa shape index (κ1) is 10.8. The van der Waals surface area contributed by atoms with Crippen LogP contribution in [0.3, 0.4) is 0 Å². The van der Waals surface area contributed by atoms with E-state index in [9.17, 15) is 0 Å². The lowest BCUT2D eigenvalue weighted by Gasteiger charge is -2.21. The largest absolute Gasteiger partial charge is 0.497 e. The minimum atomic E-state index is 0.777. The van der Waals surface area contributed by atoms with E-state index in [0.717, 1.165) is 24.1 Å². The van der Waals surface area contributed by atoms with Gasteiger partial charge in [0, 0.05) is 10.1 Å². The second-order valence-electron chi connectivity index (χ2n) is 3.74. The summed E-state index contributed by atoms with van der Waals surface area (Å²) in [6.07, 6.45) is 2.55. The first-order chi connectivity index (χ1) is 7.38. The van der Waals surface area contributed by atoms with E-state index in [4.69, 9.17) is 4.74 Å². The number of thioether (sulfide) groups is 1. The molecule has 2 rings (SSSR count). The molecule has 1 aliphatic heterocycles. The highest BCUT2D eigenvalue weighted by molar-refractivity contribution is 8.00. The van der Waals surface area contributed by atoms with Crippen LogP contribution < -0.4 is 10.1 Å². The number of piperidine rings is 1. The van der Waals surface area contributed by atoms with Gasteiger partial charge in [-0.05, 0) is 50.2 Å². The second kappa shape index (κ2) is 5.42. The maximum atomic E-state index is 5.14. The topological polar surface area (TPSA) is 21.3 Å². The van der Waals surface area contributed by atoms with Gasteiger partial charge in [0.2, 0.25) is 0 Å². The van der Waals surface area contributed by atoms with Crippen LogP contribution in [0.1, 0.15) is 12.8 Å². The lowest BCUT2D eigenvalue weighted by atomic mass is 10.2. The van der Waals surface area contributed by atoms with Crippen LogP contribution in [0.5, 0.6) is 5.75 Å². The SMILES string of the molecule is COc1ccc(SC2CCNCC2)cc1. The highest BCUT2D eigenvalue weighted by atomic mass is 32.2.